The second-order valence-electron chi connectivity index (χ2n) is 8.19. The molecule has 3 aromatic rings. The molecule has 2 aromatic heterocycles. The first-order valence-electron chi connectivity index (χ1n) is 10.3. The summed E-state index contributed by atoms with van der Waals surface area (Å²) < 4.78 is 42.4. The molecule has 0 saturated carbocycles. The summed E-state index contributed by atoms with van der Waals surface area (Å²) in [5, 5.41) is 13.4. The van der Waals surface area contributed by atoms with Crippen molar-refractivity contribution in [2.45, 2.75) is 24.8 Å². The van der Waals surface area contributed by atoms with E-state index in [1.165, 1.54) is 28.8 Å². The molecule has 1 fully saturated rings. The van der Waals surface area contributed by atoms with Gasteiger partial charge in [0.15, 0.2) is 11.4 Å². The van der Waals surface area contributed by atoms with Gasteiger partial charge in [-0.15, -0.1) is 13.2 Å². The fraction of sp³-hybridized carbons (Fsp3) is 0.318. The maximum absolute atomic E-state index is 12.4. The van der Waals surface area contributed by atoms with Gasteiger partial charge in [-0.25, -0.2) is 9.78 Å². The lowest BCUT2D eigenvalue weighted by Crippen LogP contribution is -2.35. The molecule has 2 aliphatic heterocycles. The average Bonchev–Trinajstić information content (AvgIpc) is 3.42. The smallest absolute Gasteiger partial charge is 0.406 e. The number of alkyl halides is 3. The Morgan fingerprint density at radius 3 is 2.65 bits per heavy atom. The quantitative estimate of drug-likeness (QED) is 0.580. The van der Waals surface area contributed by atoms with Crippen molar-refractivity contribution in [1.29, 1.82) is 5.26 Å². The number of pyridine rings is 1. The summed E-state index contributed by atoms with van der Waals surface area (Å²) in [6.45, 7) is 0.901. The molecule has 34 heavy (non-hydrogen) atoms. The number of aryl methyl sites for hydroxylation is 1. The summed E-state index contributed by atoms with van der Waals surface area (Å²) in [6.07, 6.45) is -3.74. The third-order valence-corrected chi connectivity index (χ3v) is 5.93. The van der Waals surface area contributed by atoms with Crippen LogP contribution in [0.2, 0.25) is 0 Å². The summed E-state index contributed by atoms with van der Waals surface area (Å²) in [4.78, 5) is 28.7. The second-order valence-corrected chi connectivity index (χ2v) is 8.19. The number of nitriles is 1. The molecule has 1 aromatic carbocycles. The normalized spacial score (nSPS) is 19.9. The van der Waals surface area contributed by atoms with Crippen LogP contribution in [0.5, 0.6) is 5.75 Å². The summed E-state index contributed by atoms with van der Waals surface area (Å²) in [7, 11) is 1.59. The Kier molecular flexibility index (Phi) is 4.93. The van der Waals surface area contributed by atoms with Crippen molar-refractivity contribution < 1.29 is 22.7 Å². The van der Waals surface area contributed by atoms with Gasteiger partial charge >= 0.3 is 12.1 Å². The van der Waals surface area contributed by atoms with E-state index in [1.54, 1.807) is 19.2 Å². The lowest BCUT2D eigenvalue weighted by atomic mass is 9.93. The van der Waals surface area contributed by atoms with Gasteiger partial charge in [-0.2, -0.15) is 10.2 Å². The van der Waals surface area contributed by atoms with Crippen LogP contribution in [0.15, 0.2) is 46.3 Å². The molecule has 1 saturated heterocycles. The van der Waals surface area contributed by atoms with Crippen LogP contribution in [0, 0.1) is 11.3 Å². The van der Waals surface area contributed by atoms with Crippen molar-refractivity contribution in [1.82, 2.24) is 14.5 Å². The van der Waals surface area contributed by atoms with Gasteiger partial charge in [0.25, 0.3) is 0 Å². The third-order valence-electron chi connectivity index (χ3n) is 5.93. The van der Waals surface area contributed by atoms with Gasteiger partial charge in [0.2, 0.25) is 0 Å². The fourth-order valence-corrected chi connectivity index (χ4v) is 4.26. The summed E-state index contributed by atoms with van der Waals surface area (Å²) in [5.41, 5.74) is 1.33. The van der Waals surface area contributed by atoms with Gasteiger partial charge in [0.1, 0.15) is 23.0 Å². The minimum absolute atomic E-state index is 0.212. The first-order valence-corrected chi connectivity index (χ1v) is 10.3. The first kappa shape index (κ1) is 21.7. The number of fused-ring (bicyclic) bond motifs is 1. The highest BCUT2D eigenvalue weighted by Crippen LogP contribution is 2.38. The Morgan fingerprint density at radius 1 is 1.18 bits per heavy atom. The number of halogens is 3. The molecule has 4 heterocycles. The minimum Gasteiger partial charge on any atom is -0.406 e. The van der Waals surface area contributed by atoms with Crippen molar-refractivity contribution in [2.24, 2.45) is 12.2 Å². The summed E-state index contributed by atoms with van der Waals surface area (Å²) >= 11 is 0. The van der Waals surface area contributed by atoms with Crippen molar-refractivity contribution in [3.8, 4) is 11.8 Å². The first-order chi connectivity index (χ1) is 16.2. The van der Waals surface area contributed by atoms with Crippen molar-refractivity contribution in [3.05, 3.63) is 58.1 Å². The molecule has 9 nitrogen and oxygen atoms in total. The van der Waals surface area contributed by atoms with E-state index in [0.29, 0.717) is 54.1 Å². The van der Waals surface area contributed by atoms with E-state index < -0.39 is 17.7 Å². The number of anilines is 1. The van der Waals surface area contributed by atoms with E-state index in [-0.39, 0.29) is 11.4 Å². The van der Waals surface area contributed by atoms with Crippen LogP contribution >= 0.6 is 0 Å². The molecule has 5 rings (SSSR count). The molecule has 0 bridgehead atoms. The van der Waals surface area contributed by atoms with Crippen LogP contribution in [0.3, 0.4) is 0 Å². The van der Waals surface area contributed by atoms with Gasteiger partial charge in [-0.3, -0.25) is 4.57 Å². The largest absolute Gasteiger partial charge is 0.573 e. The maximum atomic E-state index is 12.4. The Hall–Kier alpha value is -4.14. The molecule has 1 atom stereocenters. The van der Waals surface area contributed by atoms with E-state index in [2.05, 4.69) is 19.9 Å². The fourth-order valence-electron chi connectivity index (χ4n) is 4.26. The number of ether oxygens (including phenoxy) is 1. The highest BCUT2D eigenvalue weighted by Gasteiger charge is 2.46. The number of rotatable bonds is 3. The number of hydrogen-bond acceptors (Lipinski definition) is 8. The van der Waals surface area contributed by atoms with Crippen molar-refractivity contribution in [2.75, 3.05) is 18.0 Å². The van der Waals surface area contributed by atoms with Crippen LogP contribution in [0.4, 0.5) is 19.0 Å². The number of hydrogen-bond donors (Lipinski definition) is 0. The van der Waals surface area contributed by atoms with E-state index in [0.717, 1.165) is 0 Å². The molecule has 0 amide bonds. The molecule has 1 unspecified atom stereocenters. The van der Waals surface area contributed by atoms with Gasteiger partial charge < -0.3 is 14.5 Å². The minimum atomic E-state index is -4.76. The topological polar surface area (TPSA) is 106 Å². The summed E-state index contributed by atoms with van der Waals surface area (Å²) in [5.74, 6) is 0.0585. The van der Waals surface area contributed by atoms with Crippen LogP contribution < -0.4 is 15.3 Å². The monoisotopic (exact) mass is 470 g/mol. The van der Waals surface area contributed by atoms with E-state index in [1.807, 2.05) is 11.0 Å². The Labute approximate surface area is 190 Å². The molecule has 2 aliphatic rings. The Bertz CT molecular complexity index is 1410. The predicted octanol–water partition coefficient (Wildman–Crippen LogP) is 2.87. The second kappa shape index (κ2) is 7.72. The number of oxime groups is 1. The zero-order valence-corrected chi connectivity index (χ0v) is 17.8. The molecule has 174 valence electrons. The van der Waals surface area contributed by atoms with Gasteiger partial charge in [-0.05, 0) is 42.0 Å². The van der Waals surface area contributed by atoms with Crippen molar-refractivity contribution in [3.63, 3.8) is 0 Å². The zero-order valence-electron chi connectivity index (χ0n) is 17.8. The molecule has 12 heteroatoms. The van der Waals surface area contributed by atoms with Crippen molar-refractivity contribution >= 4 is 22.6 Å². The molecular formula is C22H17F3N6O3. The van der Waals surface area contributed by atoms with E-state index >= 15 is 0 Å². The zero-order chi connectivity index (χ0) is 24.1. The predicted molar refractivity (Wildman–Crippen MR) is 114 cm³/mol. The average molecular weight is 470 g/mol. The van der Waals surface area contributed by atoms with E-state index in [9.17, 15) is 23.2 Å². The number of benzene rings is 1. The van der Waals surface area contributed by atoms with Crippen LogP contribution in [-0.2, 0) is 11.9 Å². The van der Waals surface area contributed by atoms with Crippen LogP contribution in [0.25, 0.3) is 11.0 Å². The third kappa shape index (κ3) is 3.89. The lowest BCUT2D eigenvalue weighted by molar-refractivity contribution is -0.274. The Morgan fingerprint density at radius 2 is 1.94 bits per heavy atom. The molecule has 0 radical (unpaired) electrons. The number of aromatic nitrogens is 3. The van der Waals surface area contributed by atoms with Crippen LogP contribution in [-0.4, -0.2) is 45.3 Å². The lowest BCUT2D eigenvalue weighted by Gasteiger charge is -2.23. The number of nitrogens with zero attached hydrogens (tertiary/aromatic N) is 6. The molecule has 1 spiro atoms. The van der Waals surface area contributed by atoms with E-state index in [4.69, 9.17) is 4.84 Å². The standard InChI is InChI=1S/C22H17F3N6O3/c1-30-17-7-4-14(11-26)27-18(17)19(28-20(30)32)31-9-8-21(12-31)10-16(29-34-21)13-2-5-15(6-3-13)33-22(23,24)25/h2-7H,8-10,12H2,1H3. The SMILES string of the molecule is Cn1c(=O)nc(N2CCC3(CC(c4ccc(OC(F)(F)F)cc4)=NO3)C2)c2nc(C#N)ccc21. The Balaban J connectivity index is 1.37. The van der Waals surface area contributed by atoms with Gasteiger partial charge in [-0.1, -0.05) is 5.16 Å². The highest BCUT2D eigenvalue weighted by molar-refractivity contribution is 6.02. The molecular weight excluding hydrogens is 453 g/mol. The molecule has 0 N–H and O–H groups in total. The summed E-state index contributed by atoms with van der Waals surface area (Å²) in [6, 6.07) is 10.7. The van der Waals surface area contributed by atoms with Gasteiger partial charge in [0.05, 0.1) is 17.8 Å². The maximum Gasteiger partial charge on any atom is 0.573 e. The van der Waals surface area contributed by atoms with Crippen LogP contribution in [0.1, 0.15) is 24.1 Å². The highest BCUT2D eigenvalue weighted by atomic mass is 19.4. The molecule has 0 aliphatic carbocycles. The van der Waals surface area contributed by atoms with Gasteiger partial charge in [0, 0.05) is 26.4 Å².